The van der Waals surface area contributed by atoms with Crippen molar-refractivity contribution in [1.29, 1.82) is 0 Å². The van der Waals surface area contributed by atoms with Crippen LogP contribution in [0.4, 0.5) is 11.6 Å². The van der Waals surface area contributed by atoms with Gasteiger partial charge in [0.25, 0.3) is 0 Å². The summed E-state index contributed by atoms with van der Waals surface area (Å²) >= 11 is 1.73. The molecular weight excluding hydrogens is 372 g/mol. The van der Waals surface area contributed by atoms with E-state index in [0.717, 1.165) is 41.9 Å². The highest BCUT2D eigenvalue weighted by Crippen LogP contribution is 2.31. The maximum absolute atomic E-state index is 5.77. The Morgan fingerprint density at radius 2 is 1.75 bits per heavy atom. The number of ether oxygens (including phenoxy) is 1. The lowest BCUT2D eigenvalue weighted by atomic mass is 10.1. The summed E-state index contributed by atoms with van der Waals surface area (Å²) in [6, 6.07) is 5.49. The molecule has 0 amide bonds. The highest BCUT2D eigenvalue weighted by atomic mass is 32.1. The van der Waals surface area contributed by atoms with Crippen LogP contribution in [0.5, 0.6) is 5.88 Å². The lowest BCUT2D eigenvalue weighted by Crippen LogP contribution is -2.05. The summed E-state index contributed by atoms with van der Waals surface area (Å²) in [5, 5.41) is 0.982. The average Bonchev–Trinajstić information content (AvgIpc) is 3.07. The largest absolute Gasteiger partial charge is 0.478 e. The highest BCUT2D eigenvalue weighted by Gasteiger charge is 2.14. The fourth-order valence-corrected chi connectivity index (χ4v) is 4.04. The topological polar surface area (TPSA) is 113 Å². The van der Waals surface area contributed by atoms with E-state index < -0.39 is 0 Å². The molecule has 0 aromatic carbocycles. The molecule has 7 nitrogen and oxygen atoms in total. The third-order valence-corrected chi connectivity index (χ3v) is 5.30. The van der Waals surface area contributed by atoms with E-state index in [1.807, 2.05) is 12.1 Å². The second kappa shape index (κ2) is 9.45. The van der Waals surface area contributed by atoms with Gasteiger partial charge in [0.05, 0.1) is 12.3 Å². The van der Waals surface area contributed by atoms with Crippen LogP contribution in [-0.4, -0.2) is 26.5 Å². The summed E-state index contributed by atoms with van der Waals surface area (Å²) in [6.45, 7) is 4.91. The number of aryl methyl sites for hydroxylation is 3. The molecular formula is C20H26N6OS. The SMILES string of the molecule is CCCOc1cc(-c2nc(CCc3nc(N)cc(N)n3)c(CCC)s2)ccn1. The molecule has 28 heavy (non-hydrogen) atoms. The van der Waals surface area contributed by atoms with Crippen molar-refractivity contribution in [2.75, 3.05) is 18.1 Å². The van der Waals surface area contributed by atoms with Crippen LogP contribution < -0.4 is 16.2 Å². The van der Waals surface area contributed by atoms with Crippen molar-refractivity contribution >= 4 is 23.0 Å². The fourth-order valence-electron chi connectivity index (χ4n) is 2.83. The summed E-state index contributed by atoms with van der Waals surface area (Å²) in [4.78, 5) is 19.0. The van der Waals surface area contributed by atoms with Gasteiger partial charge < -0.3 is 16.2 Å². The first-order chi connectivity index (χ1) is 13.6. The van der Waals surface area contributed by atoms with Gasteiger partial charge in [0.15, 0.2) is 0 Å². The number of anilines is 2. The van der Waals surface area contributed by atoms with Gasteiger partial charge >= 0.3 is 0 Å². The number of aromatic nitrogens is 4. The van der Waals surface area contributed by atoms with Crippen molar-refractivity contribution < 1.29 is 4.74 Å². The summed E-state index contributed by atoms with van der Waals surface area (Å²) in [5.41, 5.74) is 13.7. The maximum Gasteiger partial charge on any atom is 0.213 e. The number of nitrogens with two attached hydrogens (primary N) is 2. The summed E-state index contributed by atoms with van der Waals surface area (Å²) < 4.78 is 5.66. The van der Waals surface area contributed by atoms with E-state index in [9.17, 15) is 0 Å². The first kappa shape index (κ1) is 20.0. The minimum atomic E-state index is 0.395. The second-order valence-electron chi connectivity index (χ2n) is 6.50. The molecule has 0 bridgehead atoms. The van der Waals surface area contributed by atoms with Crippen molar-refractivity contribution in [1.82, 2.24) is 19.9 Å². The molecule has 3 heterocycles. The van der Waals surface area contributed by atoms with E-state index in [1.54, 1.807) is 23.6 Å². The van der Waals surface area contributed by atoms with Gasteiger partial charge in [-0.2, -0.15) is 0 Å². The third kappa shape index (κ3) is 5.16. The Morgan fingerprint density at radius 3 is 2.46 bits per heavy atom. The zero-order valence-corrected chi connectivity index (χ0v) is 17.1. The number of hydrogen-bond acceptors (Lipinski definition) is 8. The number of hydrogen-bond donors (Lipinski definition) is 2. The van der Waals surface area contributed by atoms with Crippen LogP contribution in [0.3, 0.4) is 0 Å². The van der Waals surface area contributed by atoms with Gasteiger partial charge in [0.1, 0.15) is 22.5 Å². The van der Waals surface area contributed by atoms with E-state index in [4.69, 9.17) is 21.2 Å². The van der Waals surface area contributed by atoms with E-state index in [1.165, 1.54) is 4.88 Å². The Kier molecular flexibility index (Phi) is 6.76. The molecule has 0 aliphatic carbocycles. The first-order valence-electron chi connectivity index (χ1n) is 9.55. The molecule has 4 N–H and O–H groups in total. The number of rotatable bonds is 9. The third-order valence-electron chi connectivity index (χ3n) is 4.09. The van der Waals surface area contributed by atoms with Gasteiger partial charge in [-0.25, -0.2) is 19.9 Å². The van der Waals surface area contributed by atoms with Crippen molar-refractivity contribution in [2.24, 2.45) is 0 Å². The summed E-state index contributed by atoms with van der Waals surface area (Å²) in [7, 11) is 0. The predicted molar refractivity (Wildman–Crippen MR) is 113 cm³/mol. The number of thiazole rings is 1. The van der Waals surface area contributed by atoms with Crippen molar-refractivity contribution in [3.8, 4) is 16.5 Å². The van der Waals surface area contributed by atoms with E-state index >= 15 is 0 Å². The Bertz CT molecular complexity index is 907. The Morgan fingerprint density at radius 1 is 0.964 bits per heavy atom. The smallest absolute Gasteiger partial charge is 0.213 e. The van der Waals surface area contributed by atoms with E-state index in [-0.39, 0.29) is 0 Å². The molecule has 0 radical (unpaired) electrons. The van der Waals surface area contributed by atoms with E-state index in [2.05, 4.69) is 28.8 Å². The van der Waals surface area contributed by atoms with Crippen LogP contribution in [-0.2, 0) is 19.3 Å². The highest BCUT2D eigenvalue weighted by molar-refractivity contribution is 7.15. The molecule has 148 valence electrons. The second-order valence-corrected chi connectivity index (χ2v) is 7.59. The molecule has 0 aliphatic rings. The fraction of sp³-hybridized carbons (Fsp3) is 0.400. The lowest BCUT2D eigenvalue weighted by molar-refractivity contribution is 0.305. The monoisotopic (exact) mass is 398 g/mol. The number of nitrogen functional groups attached to an aromatic ring is 2. The number of pyridine rings is 1. The van der Waals surface area contributed by atoms with Crippen LogP contribution in [0, 0.1) is 0 Å². The Hall–Kier alpha value is -2.74. The minimum absolute atomic E-state index is 0.395. The molecule has 0 saturated heterocycles. The average molecular weight is 399 g/mol. The zero-order valence-electron chi connectivity index (χ0n) is 16.3. The zero-order chi connectivity index (χ0) is 19.9. The maximum atomic E-state index is 5.77. The van der Waals surface area contributed by atoms with Gasteiger partial charge in [-0.05, 0) is 25.3 Å². The molecule has 3 aromatic heterocycles. The van der Waals surface area contributed by atoms with Gasteiger partial charge in [-0.3, -0.25) is 0 Å². The molecule has 0 fully saturated rings. The Balaban J connectivity index is 1.81. The van der Waals surface area contributed by atoms with Gasteiger partial charge in [-0.15, -0.1) is 11.3 Å². The van der Waals surface area contributed by atoms with Gasteiger partial charge in [-0.1, -0.05) is 20.3 Å². The molecule has 0 spiro atoms. The van der Waals surface area contributed by atoms with Crippen LogP contribution in [0.15, 0.2) is 24.4 Å². The van der Waals surface area contributed by atoms with Gasteiger partial charge in [0.2, 0.25) is 5.88 Å². The van der Waals surface area contributed by atoms with Crippen LogP contribution in [0.2, 0.25) is 0 Å². The Labute approximate surface area is 169 Å². The van der Waals surface area contributed by atoms with Crippen molar-refractivity contribution in [3.63, 3.8) is 0 Å². The van der Waals surface area contributed by atoms with Crippen LogP contribution >= 0.6 is 11.3 Å². The molecule has 8 heteroatoms. The summed E-state index contributed by atoms with van der Waals surface area (Å²) in [5.74, 6) is 2.07. The van der Waals surface area contributed by atoms with Crippen molar-refractivity contribution in [2.45, 2.75) is 46.0 Å². The normalized spacial score (nSPS) is 10.9. The predicted octanol–water partition coefficient (Wildman–Crippen LogP) is 3.69. The quantitative estimate of drug-likeness (QED) is 0.565. The molecule has 0 unspecified atom stereocenters. The van der Waals surface area contributed by atoms with Gasteiger partial charge in [0, 0.05) is 35.2 Å². The molecule has 0 saturated carbocycles. The minimum Gasteiger partial charge on any atom is -0.478 e. The van der Waals surface area contributed by atoms with Crippen molar-refractivity contribution in [3.05, 3.63) is 40.8 Å². The van der Waals surface area contributed by atoms with Crippen LogP contribution in [0.25, 0.3) is 10.6 Å². The molecule has 3 rings (SSSR count). The first-order valence-corrected chi connectivity index (χ1v) is 10.4. The molecule has 0 aliphatic heterocycles. The van der Waals surface area contributed by atoms with Crippen LogP contribution in [0.1, 0.15) is 43.1 Å². The molecule has 3 aromatic rings. The lowest BCUT2D eigenvalue weighted by Gasteiger charge is -2.04. The summed E-state index contributed by atoms with van der Waals surface area (Å²) in [6.07, 6.45) is 6.18. The molecule has 0 atom stereocenters. The number of nitrogens with zero attached hydrogens (tertiary/aromatic N) is 4. The van der Waals surface area contributed by atoms with E-state index in [0.29, 0.717) is 36.4 Å². The standard InChI is InChI=1S/C20H26N6OS/c1-3-5-15-14(6-7-18-25-16(21)12-17(22)26-18)24-20(28-15)13-8-9-23-19(11-13)27-10-4-2/h8-9,11-12H,3-7,10H2,1-2H3,(H4,21,22,25,26).